The molecule has 1 fully saturated rings. The molecule has 1 aromatic carbocycles. The van der Waals surface area contributed by atoms with Crippen molar-refractivity contribution in [2.75, 3.05) is 5.32 Å². The Morgan fingerprint density at radius 1 is 1.25 bits per heavy atom. The Hall–Kier alpha value is -1.77. The molecule has 0 unspecified atom stereocenters. The van der Waals surface area contributed by atoms with Crippen LogP contribution in [0, 0.1) is 0 Å². The van der Waals surface area contributed by atoms with Gasteiger partial charge in [0.2, 0.25) is 0 Å². The maximum absolute atomic E-state index is 13.0. The lowest BCUT2D eigenvalue weighted by atomic mass is 9.97. The Balaban J connectivity index is 1.83. The van der Waals surface area contributed by atoms with Gasteiger partial charge in [0.1, 0.15) is 4.90 Å². The van der Waals surface area contributed by atoms with Crippen LogP contribution in [-0.2, 0) is 9.84 Å². The number of halogens is 1. The molecule has 0 saturated heterocycles. The van der Waals surface area contributed by atoms with E-state index in [1.807, 2.05) is 13.0 Å². The summed E-state index contributed by atoms with van der Waals surface area (Å²) in [5.74, 6) is -0.582. The van der Waals surface area contributed by atoms with Crippen LogP contribution in [0.1, 0.15) is 45.4 Å². The van der Waals surface area contributed by atoms with Crippen molar-refractivity contribution in [2.24, 2.45) is 0 Å². The predicted molar refractivity (Wildman–Crippen MR) is 107 cm³/mol. The molecule has 0 spiro atoms. The lowest BCUT2D eigenvalue weighted by Crippen LogP contribution is -2.37. The van der Waals surface area contributed by atoms with Crippen molar-refractivity contribution < 1.29 is 23.4 Å². The number of aliphatic hydroxyl groups is 1. The van der Waals surface area contributed by atoms with Gasteiger partial charge in [0.05, 0.1) is 28.1 Å². The fraction of sp³-hybridized carbons (Fsp3) is 0.526. The fourth-order valence-corrected chi connectivity index (χ4v) is 6.32. The van der Waals surface area contributed by atoms with E-state index in [4.69, 9.17) is 11.6 Å². The molecule has 3 rings (SSSR count). The lowest BCUT2D eigenvalue weighted by Gasteiger charge is -2.26. The van der Waals surface area contributed by atoms with Crippen LogP contribution in [-0.4, -0.2) is 42.1 Å². The van der Waals surface area contributed by atoms with Crippen molar-refractivity contribution in [1.82, 2.24) is 5.32 Å². The number of hydrogen-bond acceptors (Lipinski definition) is 5. The highest BCUT2D eigenvalue weighted by atomic mass is 35.5. The zero-order valence-corrected chi connectivity index (χ0v) is 17.2. The minimum Gasteiger partial charge on any atom is -0.504 e. The topological polar surface area (TPSA) is 116 Å². The molecule has 1 aromatic rings. The molecule has 1 saturated carbocycles. The molecular weight excluding hydrogens is 404 g/mol. The van der Waals surface area contributed by atoms with E-state index in [0.717, 1.165) is 18.4 Å². The van der Waals surface area contributed by atoms with Crippen molar-refractivity contribution in [3.8, 4) is 5.75 Å². The molecule has 0 heterocycles. The van der Waals surface area contributed by atoms with E-state index in [1.54, 1.807) is 0 Å². The van der Waals surface area contributed by atoms with Crippen molar-refractivity contribution in [2.45, 2.75) is 67.7 Å². The second-order valence-corrected chi connectivity index (χ2v) is 10.0. The molecule has 7 nitrogen and oxygen atoms in total. The van der Waals surface area contributed by atoms with Gasteiger partial charge in [0.25, 0.3) is 0 Å². The summed E-state index contributed by atoms with van der Waals surface area (Å²) in [7, 11) is -3.97. The number of anilines is 1. The summed E-state index contributed by atoms with van der Waals surface area (Å²) in [6.07, 6.45) is 4.68. The molecular formula is C19H25ClN2O5S. The number of rotatable bonds is 4. The second-order valence-electron chi connectivity index (χ2n) is 7.44. The fourth-order valence-electron chi connectivity index (χ4n) is 3.84. The van der Waals surface area contributed by atoms with Gasteiger partial charge in [-0.15, -0.1) is 0 Å². The molecule has 2 aliphatic rings. The Morgan fingerprint density at radius 2 is 2.00 bits per heavy atom. The van der Waals surface area contributed by atoms with E-state index in [9.17, 15) is 23.4 Å². The molecule has 3 atom stereocenters. The highest BCUT2D eigenvalue weighted by molar-refractivity contribution is 7.92. The number of amides is 2. The number of phenolic OH excluding ortho intramolecular Hbond substituents is 1. The number of benzene rings is 1. The van der Waals surface area contributed by atoms with Gasteiger partial charge in [-0.3, -0.25) is 0 Å². The van der Waals surface area contributed by atoms with E-state index in [2.05, 4.69) is 10.6 Å². The van der Waals surface area contributed by atoms with Crippen LogP contribution in [0.5, 0.6) is 5.75 Å². The second kappa shape index (κ2) is 8.31. The molecule has 0 aliphatic heterocycles. The third kappa shape index (κ3) is 4.29. The minimum absolute atomic E-state index is 0.0311. The van der Waals surface area contributed by atoms with E-state index in [1.165, 1.54) is 12.1 Å². The first-order chi connectivity index (χ1) is 13.2. The number of carbonyl (C=O) groups excluding carboxylic acids is 1. The van der Waals surface area contributed by atoms with Crippen LogP contribution in [0.15, 0.2) is 28.7 Å². The van der Waals surface area contributed by atoms with Crippen LogP contribution >= 0.6 is 11.6 Å². The summed E-state index contributed by atoms with van der Waals surface area (Å²) >= 11 is 6.10. The zero-order valence-electron chi connectivity index (χ0n) is 15.6. The monoisotopic (exact) mass is 428 g/mol. The van der Waals surface area contributed by atoms with Gasteiger partial charge in [0.15, 0.2) is 15.6 Å². The van der Waals surface area contributed by atoms with Crippen LogP contribution in [0.4, 0.5) is 10.5 Å². The number of sulfone groups is 1. The van der Waals surface area contributed by atoms with E-state index < -0.39 is 37.9 Å². The average Bonchev–Trinajstić information content (AvgIpc) is 3.02. The Kier molecular flexibility index (Phi) is 6.21. The van der Waals surface area contributed by atoms with Crippen LogP contribution in [0.2, 0.25) is 5.02 Å². The first-order valence-corrected chi connectivity index (χ1v) is 11.3. The SMILES string of the molecule is CC1=CCC[C@H]1NC(=O)Nc1ccc(Cl)c(S(=O)(=O)[C@H]2CCC[C@H](O)C2)c1O. The third-order valence-corrected chi connectivity index (χ3v) is 8.15. The van der Waals surface area contributed by atoms with Crippen LogP contribution in [0.25, 0.3) is 0 Å². The number of nitrogens with one attached hydrogen (secondary N) is 2. The largest absolute Gasteiger partial charge is 0.504 e. The molecule has 0 aromatic heterocycles. The third-order valence-electron chi connectivity index (χ3n) is 5.43. The van der Waals surface area contributed by atoms with Crippen LogP contribution < -0.4 is 10.6 Å². The van der Waals surface area contributed by atoms with Crippen molar-refractivity contribution in [3.63, 3.8) is 0 Å². The van der Waals surface area contributed by atoms with Crippen molar-refractivity contribution in [3.05, 3.63) is 28.8 Å². The van der Waals surface area contributed by atoms with E-state index >= 15 is 0 Å². The van der Waals surface area contributed by atoms with Gasteiger partial charge in [0, 0.05) is 0 Å². The quantitative estimate of drug-likeness (QED) is 0.433. The first-order valence-electron chi connectivity index (χ1n) is 9.37. The maximum atomic E-state index is 13.0. The number of hydrogen-bond donors (Lipinski definition) is 4. The average molecular weight is 429 g/mol. The first kappa shape index (κ1) is 21.0. The van der Waals surface area contributed by atoms with Gasteiger partial charge in [-0.25, -0.2) is 13.2 Å². The minimum atomic E-state index is -3.97. The summed E-state index contributed by atoms with van der Waals surface area (Å²) in [5.41, 5.74) is 1.03. The van der Waals surface area contributed by atoms with E-state index in [-0.39, 0.29) is 23.2 Å². The Bertz CT molecular complexity index is 900. The molecule has 28 heavy (non-hydrogen) atoms. The number of phenols is 1. The molecule has 0 radical (unpaired) electrons. The number of urea groups is 1. The number of allylic oxidation sites excluding steroid dienone is 1. The Labute approximate surface area is 169 Å². The van der Waals surface area contributed by atoms with Gasteiger partial charge in [-0.2, -0.15) is 0 Å². The molecule has 4 N–H and O–H groups in total. The predicted octanol–water partition coefficient (Wildman–Crippen LogP) is 3.35. The van der Waals surface area contributed by atoms with Crippen molar-refractivity contribution in [1.29, 1.82) is 0 Å². The Morgan fingerprint density at radius 3 is 2.64 bits per heavy atom. The summed E-state index contributed by atoms with van der Waals surface area (Å²) in [4.78, 5) is 11.9. The molecule has 0 bridgehead atoms. The number of carbonyl (C=O) groups is 1. The normalized spacial score (nSPS) is 25.2. The van der Waals surface area contributed by atoms with Gasteiger partial charge >= 0.3 is 6.03 Å². The number of aliphatic hydroxyl groups excluding tert-OH is 1. The zero-order chi connectivity index (χ0) is 20.5. The lowest BCUT2D eigenvalue weighted by molar-refractivity contribution is 0.131. The summed E-state index contributed by atoms with van der Waals surface area (Å²) in [5, 5.41) is 24.8. The van der Waals surface area contributed by atoms with Crippen LogP contribution in [0.3, 0.4) is 0 Å². The summed E-state index contributed by atoms with van der Waals surface area (Å²) in [6.45, 7) is 1.93. The van der Waals surface area contributed by atoms with E-state index in [0.29, 0.717) is 19.3 Å². The number of aromatic hydroxyl groups is 1. The molecule has 9 heteroatoms. The maximum Gasteiger partial charge on any atom is 0.319 e. The summed E-state index contributed by atoms with van der Waals surface area (Å²) < 4.78 is 26.1. The van der Waals surface area contributed by atoms with Gasteiger partial charge in [-0.1, -0.05) is 23.3 Å². The highest BCUT2D eigenvalue weighted by Gasteiger charge is 2.36. The van der Waals surface area contributed by atoms with Crippen molar-refractivity contribution >= 4 is 33.2 Å². The molecule has 2 amide bonds. The summed E-state index contributed by atoms with van der Waals surface area (Å²) in [6, 6.07) is 2.09. The standard InChI is InChI=1S/C19H25ClN2O5S/c1-11-4-2-7-15(11)21-19(25)22-16-9-8-14(20)18(17(16)24)28(26,27)13-6-3-5-12(23)10-13/h4,8-9,12-13,15,23-24H,2-3,5-7,10H2,1H3,(H2,21,22,25)/t12-,13-,15+/m0/s1. The molecule has 2 aliphatic carbocycles. The highest BCUT2D eigenvalue weighted by Crippen LogP contribution is 2.41. The van der Waals surface area contributed by atoms with Gasteiger partial charge < -0.3 is 20.8 Å². The van der Waals surface area contributed by atoms with Gasteiger partial charge in [-0.05, 0) is 57.6 Å². The smallest absolute Gasteiger partial charge is 0.319 e. The molecule has 154 valence electrons.